The molecule has 0 fully saturated rings. The van der Waals surface area contributed by atoms with Crippen molar-refractivity contribution >= 4 is 12.1 Å². The Morgan fingerprint density at radius 2 is 1.50 bits per heavy atom. The number of hydrogen-bond donors (Lipinski definition) is 1. The molecule has 2 aromatic rings. The van der Waals surface area contributed by atoms with Gasteiger partial charge in [-0.3, -0.25) is 0 Å². The van der Waals surface area contributed by atoms with Crippen molar-refractivity contribution in [1.29, 1.82) is 0 Å². The average molecular weight is 444 g/mol. The average Bonchev–Trinajstić information content (AvgIpc) is 2.76. The molecule has 7 heteroatoms. The van der Waals surface area contributed by atoms with Gasteiger partial charge < -0.3 is 24.3 Å². The summed E-state index contributed by atoms with van der Waals surface area (Å²) in [6.07, 6.45) is 0.454. The maximum absolute atomic E-state index is 12.2. The zero-order valence-corrected chi connectivity index (χ0v) is 19.9. The minimum Gasteiger partial charge on any atom is -0.496 e. The highest BCUT2D eigenvalue weighted by Gasteiger charge is 2.25. The molecule has 0 aliphatic carbocycles. The summed E-state index contributed by atoms with van der Waals surface area (Å²) in [7, 11) is 4.55. The number of amides is 1. The van der Waals surface area contributed by atoms with Crippen LogP contribution in [0.4, 0.5) is 4.79 Å². The Bertz CT molecular complexity index is 905. The number of rotatable bonds is 8. The van der Waals surface area contributed by atoms with Crippen molar-refractivity contribution < 1.29 is 28.5 Å². The van der Waals surface area contributed by atoms with Gasteiger partial charge in [0.1, 0.15) is 23.1 Å². The van der Waals surface area contributed by atoms with Crippen LogP contribution in [0.25, 0.3) is 11.1 Å². The Labute approximate surface area is 190 Å². The van der Waals surface area contributed by atoms with E-state index in [0.29, 0.717) is 0 Å². The van der Waals surface area contributed by atoms with Crippen molar-refractivity contribution in [1.82, 2.24) is 5.32 Å². The highest BCUT2D eigenvalue weighted by molar-refractivity contribution is 5.82. The fraction of sp³-hybridized carbons (Fsp3) is 0.440. The van der Waals surface area contributed by atoms with Crippen molar-refractivity contribution in [3.8, 4) is 22.6 Å². The van der Waals surface area contributed by atoms with Gasteiger partial charge in [-0.25, -0.2) is 9.59 Å². The number of aryl methyl sites for hydroxylation is 1. The molecule has 1 N–H and O–H groups in total. The predicted molar refractivity (Wildman–Crippen MR) is 123 cm³/mol. The third-order valence-electron chi connectivity index (χ3n) is 4.83. The Hall–Kier alpha value is -3.22. The number of benzene rings is 2. The zero-order valence-electron chi connectivity index (χ0n) is 19.9. The minimum atomic E-state index is -0.867. The van der Waals surface area contributed by atoms with Crippen LogP contribution in [0.5, 0.6) is 11.5 Å². The molecule has 2 aromatic carbocycles. The molecule has 174 valence electrons. The number of hydrogen-bond acceptors (Lipinski definition) is 6. The predicted octanol–water partition coefficient (Wildman–Crippen LogP) is 4.54. The van der Waals surface area contributed by atoms with Gasteiger partial charge >= 0.3 is 12.1 Å². The van der Waals surface area contributed by atoms with E-state index < -0.39 is 23.7 Å². The molecule has 7 nitrogen and oxygen atoms in total. The monoisotopic (exact) mass is 443 g/mol. The van der Waals surface area contributed by atoms with Crippen molar-refractivity contribution in [2.24, 2.45) is 0 Å². The van der Waals surface area contributed by atoms with Crippen LogP contribution >= 0.6 is 0 Å². The van der Waals surface area contributed by atoms with E-state index in [4.69, 9.17) is 18.9 Å². The lowest BCUT2D eigenvalue weighted by molar-refractivity contribution is -0.143. The molecule has 0 heterocycles. The molecule has 0 aromatic heterocycles. The van der Waals surface area contributed by atoms with Gasteiger partial charge in [0.15, 0.2) is 0 Å². The molecule has 0 aliphatic heterocycles. The first-order valence-electron chi connectivity index (χ1n) is 10.5. The number of carbonyl (C=O) groups is 2. The summed E-state index contributed by atoms with van der Waals surface area (Å²) in [5, 5.41) is 2.59. The van der Waals surface area contributed by atoms with Crippen LogP contribution in [0.1, 0.15) is 38.8 Å². The summed E-state index contributed by atoms with van der Waals surface area (Å²) in [4.78, 5) is 24.4. The van der Waals surface area contributed by atoms with Gasteiger partial charge in [0.25, 0.3) is 0 Å². The number of alkyl carbamates (subject to hydrolysis) is 1. The van der Waals surface area contributed by atoms with E-state index in [0.717, 1.165) is 40.2 Å². The second-order valence-corrected chi connectivity index (χ2v) is 8.35. The van der Waals surface area contributed by atoms with Gasteiger partial charge in [-0.05, 0) is 56.0 Å². The number of nitrogens with one attached hydrogen (secondary N) is 1. The molecular formula is C25H33NO6. The van der Waals surface area contributed by atoms with Gasteiger partial charge in [0.2, 0.25) is 0 Å². The van der Waals surface area contributed by atoms with Gasteiger partial charge in [0, 0.05) is 6.42 Å². The molecule has 1 atom stereocenters. The van der Waals surface area contributed by atoms with Crippen LogP contribution in [0.2, 0.25) is 0 Å². The van der Waals surface area contributed by atoms with Crippen molar-refractivity contribution in [3.63, 3.8) is 0 Å². The minimum absolute atomic E-state index is 0.259. The third kappa shape index (κ3) is 6.64. The molecule has 0 bridgehead atoms. The fourth-order valence-electron chi connectivity index (χ4n) is 3.28. The Morgan fingerprint density at radius 3 is 1.94 bits per heavy atom. The quantitative estimate of drug-likeness (QED) is 0.603. The largest absolute Gasteiger partial charge is 0.496 e. The van der Waals surface area contributed by atoms with Crippen LogP contribution in [-0.2, 0) is 27.1 Å². The molecule has 0 saturated heterocycles. The lowest BCUT2D eigenvalue weighted by atomic mass is 9.97. The molecule has 1 amide bonds. The van der Waals surface area contributed by atoms with E-state index in [-0.39, 0.29) is 6.42 Å². The van der Waals surface area contributed by atoms with E-state index >= 15 is 0 Å². The second kappa shape index (κ2) is 10.9. The summed E-state index contributed by atoms with van der Waals surface area (Å²) < 4.78 is 21.3. The van der Waals surface area contributed by atoms with Crippen molar-refractivity contribution in [2.45, 2.75) is 52.2 Å². The molecule has 0 aliphatic rings. The van der Waals surface area contributed by atoms with Gasteiger partial charge in [0.05, 0.1) is 26.9 Å². The normalized spacial score (nSPS) is 12.0. The maximum Gasteiger partial charge on any atom is 0.408 e. The summed E-state index contributed by atoms with van der Waals surface area (Å²) in [6, 6.07) is 10.8. The Morgan fingerprint density at radius 1 is 0.938 bits per heavy atom. The molecular weight excluding hydrogens is 410 g/mol. The smallest absolute Gasteiger partial charge is 0.408 e. The van der Waals surface area contributed by atoms with Crippen molar-refractivity contribution in [3.05, 3.63) is 47.5 Å². The van der Waals surface area contributed by atoms with E-state index in [1.165, 1.54) is 7.11 Å². The lowest BCUT2D eigenvalue weighted by Gasteiger charge is -2.22. The highest BCUT2D eigenvalue weighted by atomic mass is 16.6. The number of carbonyl (C=O) groups excluding carboxylic acids is 2. The second-order valence-electron chi connectivity index (χ2n) is 8.35. The van der Waals surface area contributed by atoms with Crippen LogP contribution in [0, 0.1) is 0 Å². The number of ether oxygens (including phenoxy) is 4. The molecule has 32 heavy (non-hydrogen) atoms. The van der Waals surface area contributed by atoms with Crippen molar-refractivity contribution in [2.75, 3.05) is 21.3 Å². The molecule has 0 radical (unpaired) electrons. The summed E-state index contributed by atoms with van der Waals surface area (Å²) in [5.74, 6) is 0.916. The zero-order chi connectivity index (χ0) is 23.9. The van der Waals surface area contributed by atoms with E-state index in [1.807, 2.05) is 36.4 Å². The van der Waals surface area contributed by atoms with Crippen LogP contribution < -0.4 is 14.8 Å². The number of methoxy groups -OCH3 is 3. The molecule has 0 unspecified atom stereocenters. The van der Waals surface area contributed by atoms with E-state index in [2.05, 4.69) is 12.2 Å². The highest BCUT2D eigenvalue weighted by Crippen LogP contribution is 2.39. The van der Waals surface area contributed by atoms with Crippen LogP contribution in [0.3, 0.4) is 0 Å². The molecule has 2 rings (SSSR count). The lowest BCUT2D eigenvalue weighted by Crippen LogP contribution is -2.45. The van der Waals surface area contributed by atoms with Crippen LogP contribution in [-0.4, -0.2) is 45.0 Å². The first kappa shape index (κ1) is 25.0. The molecule has 0 spiro atoms. The first-order chi connectivity index (χ1) is 15.1. The third-order valence-corrected chi connectivity index (χ3v) is 4.83. The first-order valence-corrected chi connectivity index (χ1v) is 10.5. The molecule has 0 saturated carbocycles. The van der Waals surface area contributed by atoms with E-state index in [1.54, 1.807) is 35.0 Å². The standard InChI is InChI=1S/C25H33NO6/c1-8-16-14-20(29-5)22(21(15-16)30-6)18-11-9-17(10-12-18)13-19(23(27)31-7)26-24(28)32-25(2,3)4/h9-12,14-15,19H,8,13H2,1-7H3,(H,26,28)/t19-/m0/s1. The van der Waals surface area contributed by atoms with Gasteiger partial charge in [-0.15, -0.1) is 0 Å². The van der Waals surface area contributed by atoms with Gasteiger partial charge in [-0.1, -0.05) is 31.2 Å². The Kier molecular flexibility index (Phi) is 8.52. The fourth-order valence-corrected chi connectivity index (χ4v) is 3.28. The number of esters is 1. The van der Waals surface area contributed by atoms with Crippen LogP contribution in [0.15, 0.2) is 36.4 Å². The SMILES string of the molecule is CCc1cc(OC)c(-c2ccc(C[C@H](NC(=O)OC(C)(C)C)C(=O)OC)cc2)c(OC)c1. The Balaban J connectivity index is 2.27. The van der Waals surface area contributed by atoms with Gasteiger partial charge in [-0.2, -0.15) is 0 Å². The summed E-state index contributed by atoms with van der Waals surface area (Å²) in [6.45, 7) is 7.35. The maximum atomic E-state index is 12.2. The summed E-state index contributed by atoms with van der Waals surface area (Å²) >= 11 is 0. The topological polar surface area (TPSA) is 83.1 Å². The summed E-state index contributed by atoms with van der Waals surface area (Å²) in [5.41, 5.74) is 3.07. The van der Waals surface area contributed by atoms with E-state index in [9.17, 15) is 9.59 Å².